The molecule has 0 saturated carbocycles. The third-order valence-electron chi connectivity index (χ3n) is 5.64. The molecule has 186 valence electrons. The number of Topliss-reactive ketones (excluding diaryl/α,β-unsaturated/α-hetero) is 1. The van der Waals surface area contributed by atoms with Gasteiger partial charge in [-0.1, -0.05) is 55.8 Å². The van der Waals surface area contributed by atoms with E-state index in [0.29, 0.717) is 24.2 Å². The molecule has 1 saturated heterocycles. The van der Waals surface area contributed by atoms with Gasteiger partial charge < -0.3 is 18.9 Å². The summed E-state index contributed by atoms with van der Waals surface area (Å²) in [6, 6.07) is 17.1. The van der Waals surface area contributed by atoms with Crippen molar-refractivity contribution in [2.45, 2.75) is 57.0 Å². The Morgan fingerprint density at radius 3 is 2.26 bits per heavy atom. The molecule has 35 heavy (non-hydrogen) atoms. The Morgan fingerprint density at radius 2 is 1.66 bits per heavy atom. The Balaban J connectivity index is 1.74. The van der Waals surface area contributed by atoms with Crippen LogP contribution >= 0.6 is 0 Å². The average molecular weight is 481 g/mol. The summed E-state index contributed by atoms with van der Waals surface area (Å²) in [7, 11) is 0. The van der Waals surface area contributed by atoms with Crippen LogP contribution in [-0.4, -0.2) is 55.4 Å². The van der Waals surface area contributed by atoms with Gasteiger partial charge in [-0.3, -0.25) is 4.79 Å². The van der Waals surface area contributed by atoms with Crippen LogP contribution in [0.5, 0.6) is 0 Å². The summed E-state index contributed by atoms with van der Waals surface area (Å²) in [4.78, 5) is 38.1. The number of hydrogen-bond donors (Lipinski definition) is 0. The van der Waals surface area contributed by atoms with Crippen molar-refractivity contribution in [2.24, 2.45) is 0 Å². The first-order valence-electron chi connectivity index (χ1n) is 11.9. The van der Waals surface area contributed by atoms with Crippen LogP contribution in [0.3, 0.4) is 0 Å². The van der Waals surface area contributed by atoms with Crippen LogP contribution in [0.15, 0.2) is 73.3 Å². The second kappa shape index (κ2) is 13.6. The Hall–Kier alpha value is -3.29. The van der Waals surface area contributed by atoms with Crippen LogP contribution in [0.2, 0.25) is 0 Å². The lowest BCUT2D eigenvalue weighted by Crippen LogP contribution is -2.36. The van der Waals surface area contributed by atoms with E-state index < -0.39 is 36.4 Å². The summed E-state index contributed by atoms with van der Waals surface area (Å²) in [5.41, 5.74) is 0.760. The summed E-state index contributed by atoms with van der Waals surface area (Å²) in [6.07, 6.45) is 0.927. The largest absolute Gasteiger partial charge is 0.458 e. The summed E-state index contributed by atoms with van der Waals surface area (Å²) in [5, 5.41) is 0. The summed E-state index contributed by atoms with van der Waals surface area (Å²) < 4.78 is 23.0. The number of unbranched alkanes of at least 4 members (excludes halogenated alkanes) is 1. The van der Waals surface area contributed by atoms with Crippen molar-refractivity contribution in [2.75, 3.05) is 13.2 Å². The van der Waals surface area contributed by atoms with E-state index in [1.807, 2.05) is 6.92 Å². The van der Waals surface area contributed by atoms with Crippen LogP contribution in [0.4, 0.5) is 0 Å². The average Bonchev–Trinajstić information content (AvgIpc) is 3.17. The first-order chi connectivity index (χ1) is 17.0. The number of carbonyl (C=O) groups is 3. The SMILES string of the molecule is C=CC[C@@H]1O[C@H](C[C@@H](COC(=O)c2ccccc2)OC(=O)c2ccccc2)[C@H](OCCCC)C1=O. The Bertz CT molecular complexity index is 973. The smallest absolute Gasteiger partial charge is 0.338 e. The van der Waals surface area contributed by atoms with Crippen LogP contribution in [0, 0.1) is 0 Å². The highest BCUT2D eigenvalue weighted by molar-refractivity contribution is 5.91. The highest BCUT2D eigenvalue weighted by Crippen LogP contribution is 2.27. The molecular weight excluding hydrogens is 448 g/mol. The molecule has 0 aliphatic carbocycles. The van der Waals surface area contributed by atoms with Gasteiger partial charge in [-0.05, 0) is 37.1 Å². The molecule has 1 aliphatic rings. The molecule has 4 atom stereocenters. The van der Waals surface area contributed by atoms with Gasteiger partial charge in [0.05, 0.1) is 17.2 Å². The van der Waals surface area contributed by atoms with Crippen LogP contribution in [0.25, 0.3) is 0 Å². The summed E-state index contributed by atoms with van der Waals surface area (Å²) >= 11 is 0. The summed E-state index contributed by atoms with van der Waals surface area (Å²) in [6.45, 7) is 5.97. The number of carbonyl (C=O) groups excluding carboxylic acids is 3. The zero-order valence-electron chi connectivity index (χ0n) is 20.0. The minimum atomic E-state index is -0.840. The van der Waals surface area contributed by atoms with Crippen molar-refractivity contribution in [3.8, 4) is 0 Å². The molecule has 7 nitrogen and oxygen atoms in total. The van der Waals surface area contributed by atoms with Crippen molar-refractivity contribution in [1.29, 1.82) is 0 Å². The maximum Gasteiger partial charge on any atom is 0.338 e. The predicted molar refractivity (Wildman–Crippen MR) is 130 cm³/mol. The van der Waals surface area contributed by atoms with Crippen LogP contribution in [-0.2, 0) is 23.7 Å². The minimum absolute atomic E-state index is 0.136. The van der Waals surface area contributed by atoms with Gasteiger partial charge in [0.15, 0.2) is 5.78 Å². The molecule has 1 heterocycles. The van der Waals surface area contributed by atoms with E-state index in [1.54, 1.807) is 66.7 Å². The second-order valence-corrected chi connectivity index (χ2v) is 8.33. The normalized spacial score (nSPS) is 20.3. The Morgan fingerprint density at radius 1 is 1.03 bits per heavy atom. The van der Waals surface area contributed by atoms with Gasteiger partial charge in [0.1, 0.15) is 24.9 Å². The molecule has 0 amide bonds. The minimum Gasteiger partial charge on any atom is -0.458 e. The highest BCUT2D eigenvalue weighted by Gasteiger charge is 2.45. The van der Waals surface area contributed by atoms with Gasteiger partial charge in [0, 0.05) is 13.0 Å². The molecular formula is C28H32O7. The third-order valence-corrected chi connectivity index (χ3v) is 5.64. The van der Waals surface area contributed by atoms with Crippen molar-refractivity contribution < 1.29 is 33.3 Å². The first kappa shape index (κ1) is 26.3. The van der Waals surface area contributed by atoms with Crippen molar-refractivity contribution in [1.82, 2.24) is 0 Å². The van der Waals surface area contributed by atoms with Gasteiger partial charge in [0.25, 0.3) is 0 Å². The quantitative estimate of drug-likeness (QED) is 0.236. The Labute approximate surface area is 206 Å². The van der Waals surface area contributed by atoms with E-state index in [0.717, 1.165) is 12.8 Å². The van der Waals surface area contributed by atoms with Crippen LogP contribution in [0.1, 0.15) is 53.3 Å². The second-order valence-electron chi connectivity index (χ2n) is 8.33. The van der Waals surface area contributed by atoms with E-state index in [2.05, 4.69) is 6.58 Å². The van der Waals surface area contributed by atoms with E-state index in [1.165, 1.54) is 0 Å². The number of hydrogen-bond acceptors (Lipinski definition) is 7. The third kappa shape index (κ3) is 7.60. The molecule has 0 radical (unpaired) electrons. The standard InChI is InChI=1S/C28H32O7/c1-3-5-17-32-26-24(35-23(12-4-2)25(26)29)18-22(34-28(31)21-15-10-7-11-16-21)19-33-27(30)20-13-8-6-9-14-20/h4,6-11,13-16,22-24,26H,2-3,5,12,17-19H2,1H3/t22-,23-,24+,26-/m0/s1. The van der Waals surface area contributed by atoms with Gasteiger partial charge in [-0.25, -0.2) is 9.59 Å². The maximum absolute atomic E-state index is 12.9. The van der Waals surface area contributed by atoms with Crippen molar-refractivity contribution in [3.05, 3.63) is 84.4 Å². The van der Waals surface area contributed by atoms with Crippen molar-refractivity contribution >= 4 is 17.7 Å². The molecule has 0 N–H and O–H groups in total. The molecule has 0 aromatic heterocycles. The zero-order valence-corrected chi connectivity index (χ0v) is 20.0. The van der Waals surface area contributed by atoms with Gasteiger partial charge in [-0.15, -0.1) is 6.58 Å². The zero-order chi connectivity index (χ0) is 25.0. The maximum atomic E-state index is 12.9. The molecule has 0 bridgehead atoms. The number of ether oxygens (including phenoxy) is 4. The predicted octanol–water partition coefficient (Wildman–Crippen LogP) is 4.56. The molecule has 2 aromatic rings. The lowest BCUT2D eigenvalue weighted by atomic mass is 10.0. The number of rotatable bonds is 13. The van der Waals surface area contributed by atoms with E-state index in [9.17, 15) is 14.4 Å². The lowest BCUT2D eigenvalue weighted by Gasteiger charge is -2.24. The lowest BCUT2D eigenvalue weighted by molar-refractivity contribution is -0.129. The molecule has 1 fully saturated rings. The van der Waals surface area contributed by atoms with E-state index in [4.69, 9.17) is 18.9 Å². The first-order valence-corrected chi connectivity index (χ1v) is 11.9. The highest BCUT2D eigenvalue weighted by atomic mass is 16.6. The fourth-order valence-corrected chi connectivity index (χ4v) is 3.79. The fourth-order valence-electron chi connectivity index (χ4n) is 3.79. The number of ketones is 1. The Kier molecular flexibility index (Phi) is 10.2. The van der Waals surface area contributed by atoms with Gasteiger partial charge in [-0.2, -0.15) is 0 Å². The number of benzene rings is 2. The van der Waals surface area contributed by atoms with Crippen molar-refractivity contribution in [3.63, 3.8) is 0 Å². The van der Waals surface area contributed by atoms with Gasteiger partial charge >= 0.3 is 11.9 Å². The molecule has 7 heteroatoms. The molecule has 1 aliphatic heterocycles. The molecule has 2 aromatic carbocycles. The van der Waals surface area contributed by atoms with Crippen LogP contribution < -0.4 is 0 Å². The van der Waals surface area contributed by atoms with E-state index >= 15 is 0 Å². The number of esters is 2. The fraction of sp³-hybridized carbons (Fsp3) is 0.393. The summed E-state index contributed by atoms with van der Waals surface area (Å²) in [5.74, 6) is -1.24. The molecule has 0 unspecified atom stereocenters. The monoisotopic (exact) mass is 480 g/mol. The van der Waals surface area contributed by atoms with E-state index in [-0.39, 0.29) is 18.8 Å². The molecule has 3 rings (SSSR count). The molecule has 0 spiro atoms. The van der Waals surface area contributed by atoms with Gasteiger partial charge in [0.2, 0.25) is 0 Å². The topological polar surface area (TPSA) is 88.1 Å².